The highest BCUT2D eigenvalue weighted by atomic mass is 35.5. The van der Waals surface area contributed by atoms with E-state index in [4.69, 9.17) is 20.4 Å². The molecule has 1 N–H and O–H groups in total. The molecule has 1 atom stereocenters. The van der Waals surface area contributed by atoms with Crippen LogP contribution in [0.2, 0.25) is 5.02 Å². The van der Waals surface area contributed by atoms with Gasteiger partial charge >= 0.3 is 0 Å². The average Bonchev–Trinajstić information content (AvgIpc) is 3.52. The smallest absolute Gasteiger partial charge is 0.290 e. The number of benzene rings is 1. The zero-order valence-electron chi connectivity index (χ0n) is 16.4. The first-order chi connectivity index (χ1) is 14.6. The lowest BCUT2D eigenvalue weighted by atomic mass is 10.0. The molecular weight excluding hydrogens is 404 g/mol. The van der Waals surface area contributed by atoms with E-state index >= 15 is 0 Å². The predicted molar refractivity (Wildman–Crippen MR) is 112 cm³/mol. The van der Waals surface area contributed by atoms with Crippen LogP contribution in [0.15, 0.2) is 69.9 Å². The van der Waals surface area contributed by atoms with Crippen molar-refractivity contribution in [3.05, 3.63) is 83.2 Å². The highest BCUT2D eigenvalue weighted by molar-refractivity contribution is 6.30. The topological polar surface area (TPSA) is 75.7 Å². The highest BCUT2D eigenvalue weighted by Crippen LogP contribution is 2.28. The van der Waals surface area contributed by atoms with E-state index in [1.54, 1.807) is 54.8 Å². The van der Waals surface area contributed by atoms with Crippen molar-refractivity contribution >= 4 is 23.4 Å². The maximum Gasteiger partial charge on any atom is 0.290 e. The first-order valence-electron chi connectivity index (χ1n) is 10.0. The van der Waals surface area contributed by atoms with Crippen LogP contribution in [0.4, 0.5) is 0 Å². The predicted octanol–water partition coefficient (Wildman–Crippen LogP) is 4.97. The quantitative estimate of drug-likeness (QED) is 0.578. The molecule has 2 aromatic heterocycles. The summed E-state index contributed by atoms with van der Waals surface area (Å²) in [5, 5.41) is 3.68. The molecule has 6 nitrogen and oxygen atoms in total. The number of nitrogens with one attached hydrogen (secondary N) is 1. The van der Waals surface area contributed by atoms with Crippen molar-refractivity contribution < 1.29 is 18.4 Å². The van der Waals surface area contributed by atoms with Gasteiger partial charge in [-0.05, 0) is 54.8 Å². The van der Waals surface area contributed by atoms with Crippen LogP contribution in [0.5, 0.6) is 0 Å². The van der Waals surface area contributed by atoms with Crippen molar-refractivity contribution in [2.75, 3.05) is 0 Å². The summed E-state index contributed by atoms with van der Waals surface area (Å²) in [5.41, 5.74) is 0.668. The van der Waals surface area contributed by atoms with Gasteiger partial charge in [0.25, 0.3) is 5.91 Å². The molecule has 30 heavy (non-hydrogen) atoms. The van der Waals surface area contributed by atoms with Crippen LogP contribution in [0.3, 0.4) is 0 Å². The number of halogens is 1. The van der Waals surface area contributed by atoms with Crippen LogP contribution in [0.1, 0.15) is 53.6 Å². The van der Waals surface area contributed by atoms with Crippen molar-refractivity contribution in [1.82, 2.24) is 10.2 Å². The van der Waals surface area contributed by atoms with E-state index in [1.165, 1.54) is 11.2 Å². The maximum absolute atomic E-state index is 13.4. The van der Waals surface area contributed by atoms with Crippen LogP contribution < -0.4 is 5.32 Å². The molecule has 0 radical (unpaired) electrons. The van der Waals surface area contributed by atoms with Gasteiger partial charge in [-0.15, -0.1) is 0 Å². The molecule has 2 heterocycles. The summed E-state index contributed by atoms with van der Waals surface area (Å²) in [4.78, 5) is 28.2. The fourth-order valence-electron chi connectivity index (χ4n) is 3.86. The Bertz CT molecular complexity index is 961. The van der Waals surface area contributed by atoms with Crippen molar-refractivity contribution in [3.63, 3.8) is 0 Å². The normalized spacial score (nSPS) is 15.1. The second kappa shape index (κ2) is 9.22. The molecule has 2 amide bonds. The maximum atomic E-state index is 13.4. The molecule has 1 unspecified atom stereocenters. The lowest BCUT2D eigenvalue weighted by molar-refractivity contribution is -0.126. The molecule has 1 saturated carbocycles. The fraction of sp³-hybridized carbons (Fsp3) is 0.304. The Morgan fingerprint density at radius 2 is 1.73 bits per heavy atom. The Hall–Kier alpha value is -2.99. The minimum absolute atomic E-state index is 0.122. The van der Waals surface area contributed by atoms with E-state index in [0.717, 1.165) is 25.7 Å². The molecule has 1 aromatic carbocycles. The van der Waals surface area contributed by atoms with E-state index in [1.807, 2.05) is 0 Å². The van der Waals surface area contributed by atoms with Gasteiger partial charge in [0, 0.05) is 11.1 Å². The standard InChI is InChI=1S/C23H23ClN2O4/c24-17-11-9-16(10-12-17)21(22(27)25-18-5-1-2-6-18)26(15-19-7-3-13-29-19)23(28)20-8-4-14-30-20/h3-4,7-14,18,21H,1-2,5-6,15H2,(H,25,27). The van der Waals surface area contributed by atoms with E-state index < -0.39 is 11.9 Å². The summed E-state index contributed by atoms with van der Waals surface area (Å²) in [6.45, 7) is 0.123. The van der Waals surface area contributed by atoms with E-state index in [9.17, 15) is 9.59 Å². The Balaban J connectivity index is 1.71. The minimum Gasteiger partial charge on any atom is -0.467 e. The molecule has 0 saturated heterocycles. The van der Waals surface area contributed by atoms with E-state index in [2.05, 4.69) is 5.32 Å². The number of furan rings is 2. The zero-order chi connectivity index (χ0) is 20.9. The summed E-state index contributed by atoms with van der Waals surface area (Å²) in [6.07, 6.45) is 7.07. The minimum atomic E-state index is -0.856. The molecule has 4 rings (SSSR count). The van der Waals surface area contributed by atoms with Gasteiger partial charge < -0.3 is 19.1 Å². The van der Waals surface area contributed by atoms with Gasteiger partial charge in [-0.3, -0.25) is 9.59 Å². The first-order valence-corrected chi connectivity index (χ1v) is 10.4. The third kappa shape index (κ3) is 4.60. The van der Waals surface area contributed by atoms with Crippen molar-refractivity contribution in [3.8, 4) is 0 Å². The second-order valence-corrected chi connectivity index (χ2v) is 7.87. The van der Waals surface area contributed by atoms with Gasteiger partial charge in [-0.1, -0.05) is 36.6 Å². The number of carbonyl (C=O) groups excluding carboxylic acids is 2. The van der Waals surface area contributed by atoms with Crippen LogP contribution in [0, 0.1) is 0 Å². The molecule has 7 heteroatoms. The van der Waals surface area contributed by atoms with Crippen LogP contribution in [-0.4, -0.2) is 22.8 Å². The number of amides is 2. The van der Waals surface area contributed by atoms with Crippen molar-refractivity contribution in [1.29, 1.82) is 0 Å². The molecule has 0 aliphatic heterocycles. The number of rotatable bonds is 7. The zero-order valence-corrected chi connectivity index (χ0v) is 17.2. The van der Waals surface area contributed by atoms with Gasteiger partial charge in [-0.25, -0.2) is 0 Å². The highest BCUT2D eigenvalue weighted by Gasteiger charge is 2.35. The third-order valence-electron chi connectivity index (χ3n) is 5.35. The summed E-state index contributed by atoms with van der Waals surface area (Å²) in [5.74, 6) is 0.116. The Morgan fingerprint density at radius 1 is 1.03 bits per heavy atom. The SMILES string of the molecule is O=C(NC1CCCC1)C(c1ccc(Cl)cc1)N(Cc1ccco1)C(=O)c1ccco1. The molecule has 1 aliphatic carbocycles. The number of hydrogen-bond acceptors (Lipinski definition) is 4. The van der Waals surface area contributed by atoms with Gasteiger partial charge in [0.1, 0.15) is 11.8 Å². The van der Waals surface area contributed by atoms with Crippen molar-refractivity contribution in [2.45, 2.75) is 44.3 Å². The third-order valence-corrected chi connectivity index (χ3v) is 5.60. The molecule has 0 spiro atoms. The summed E-state index contributed by atoms with van der Waals surface area (Å²) in [7, 11) is 0. The fourth-order valence-corrected chi connectivity index (χ4v) is 3.99. The van der Waals surface area contributed by atoms with Gasteiger partial charge in [0.05, 0.1) is 19.1 Å². The Labute approximate surface area is 179 Å². The summed E-state index contributed by atoms with van der Waals surface area (Å²) < 4.78 is 10.8. The molecule has 1 aliphatic rings. The van der Waals surface area contributed by atoms with Gasteiger partial charge in [-0.2, -0.15) is 0 Å². The largest absolute Gasteiger partial charge is 0.467 e. The summed E-state index contributed by atoms with van der Waals surface area (Å²) in [6, 6.07) is 13.0. The molecule has 0 bridgehead atoms. The molecule has 3 aromatic rings. The van der Waals surface area contributed by atoms with Crippen LogP contribution in [-0.2, 0) is 11.3 Å². The van der Waals surface area contributed by atoms with Crippen molar-refractivity contribution in [2.24, 2.45) is 0 Å². The molecule has 156 valence electrons. The van der Waals surface area contributed by atoms with Gasteiger partial charge in [0.2, 0.25) is 5.91 Å². The number of hydrogen-bond donors (Lipinski definition) is 1. The second-order valence-electron chi connectivity index (χ2n) is 7.43. The summed E-state index contributed by atoms with van der Waals surface area (Å²) >= 11 is 6.06. The monoisotopic (exact) mass is 426 g/mol. The molecule has 1 fully saturated rings. The van der Waals surface area contributed by atoms with Crippen LogP contribution >= 0.6 is 11.6 Å². The van der Waals surface area contributed by atoms with E-state index in [-0.39, 0.29) is 24.3 Å². The number of nitrogens with zero attached hydrogens (tertiary/aromatic N) is 1. The van der Waals surface area contributed by atoms with Gasteiger partial charge in [0.15, 0.2) is 5.76 Å². The first kappa shape index (κ1) is 20.3. The lowest BCUT2D eigenvalue weighted by Gasteiger charge is -2.31. The average molecular weight is 427 g/mol. The Kier molecular flexibility index (Phi) is 6.23. The van der Waals surface area contributed by atoms with Crippen LogP contribution in [0.25, 0.3) is 0 Å². The Morgan fingerprint density at radius 3 is 2.37 bits per heavy atom. The lowest BCUT2D eigenvalue weighted by Crippen LogP contribution is -2.45. The molecular formula is C23H23ClN2O4. The number of carbonyl (C=O) groups is 2. The van der Waals surface area contributed by atoms with E-state index in [0.29, 0.717) is 16.3 Å².